The van der Waals surface area contributed by atoms with Crippen molar-refractivity contribution < 1.29 is 15.3 Å². The predicted molar refractivity (Wildman–Crippen MR) is 91.5 cm³/mol. The number of allylic oxidation sites excluding steroid dienone is 1. The van der Waals surface area contributed by atoms with Gasteiger partial charge < -0.3 is 15.3 Å². The van der Waals surface area contributed by atoms with E-state index >= 15 is 0 Å². The highest BCUT2D eigenvalue weighted by Gasteiger charge is 2.19. The van der Waals surface area contributed by atoms with E-state index in [-0.39, 0.29) is 6.10 Å². The van der Waals surface area contributed by atoms with Crippen molar-refractivity contribution in [2.24, 2.45) is 0 Å². The van der Waals surface area contributed by atoms with Crippen LogP contribution in [0.4, 0.5) is 0 Å². The number of rotatable bonds is 0. The highest BCUT2D eigenvalue weighted by molar-refractivity contribution is 5.59. The number of aliphatic hydroxyl groups is 1. The smallest absolute Gasteiger partial charge is 0.119 e. The zero-order valence-corrected chi connectivity index (χ0v) is 13.1. The molecular weight excluding hydrogens is 288 g/mol. The van der Waals surface area contributed by atoms with Crippen LogP contribution in [0.2, 0.25) is 0 Å². The molecular formula is C20H22O3. The molecule has 0 radical (unpaired) electrons. The van der Waals surface area contributed by atoms with E-state index in [1.807, 2.05) is 18.2 Å². The first-order valence-electron chi connectivity index (χ1n) is 8.13. The normalized spacial score (nSPS) is 18.4. The highest BCUT2D eigenvalue weighted by Crippen LogP contribution is 2.34. The van der Waals surface area contributed by atoms with Gasteiger partial charge in [-0.3, -0.25) is 0 Å². The Kier molecular flexibility index (Phi) is 4.68. The van der Waals surface area contributed by atoms with Crippen LogP contribution in [-0.2, 0) is 12.8 Å². The minimum absolute atomic E-state index is 0.325. The van der Waals surface area contributed by atoms with E-state index in [9.17, 15) is 15.3 Å². The van der Waals surface area contributed by atoms with Crippen LogP contribution < -0.4 is 0 Å². The third-order valence-corrected chi connectivity index (χ3v) is 4.50. The predicted octanol–water partition coefficient (Wildman–Crippen LogP) is 4.11. The lowest BCUT2D eigenvalue weighted by Gasteiger charge is -2.21. The Morgan fingerprint density at radius 1 is 0.870 bits per heavy atom. The van der Waals surface area contributed by atoms with E-state index in [1.54, 1.807) is 18.2 Å². The number of aromatic hydroxyl groups is 2. The third-order valence-electron chi connectivity index (χ3n) is 4.50. The van der Waals surface area contributed by atoms with Crippen molar-refractivity contribution in [3.8, 4) is 11.5 Å². The average molecular weight is 310 g/mol. The molecule has 2 aliphatic carbocycles. The van der Waals surface area contributed by atoms with Crippen LogP contribution >= 0.6 is 0 Å². The van der Waals surface area contributed by atoms with Gasteiger partial charge >= 0.3 is 0 Å². The van der Waals surface area contributed by atoms with Crippen LogP contribution in [-0.4, -0.2) is 15.3 Å². The molecule has 1 atom stereocenters. The average Bonchev–Trinajstić information content (AvgIpc) is 2.57. The van der Waals surface area contributed by atoms with Gasteiger partial charge in [0.05, 0.1) is 6.10 Å². The van der Waals surface area contributed by atoms with Crippen molar-refractivity contribution in [2.75, 3.05) is 0 Å². The van der Waals surface area contributed by atoms with E-state index in [4.69, 9.17) is 0 Å². The van der Waals surface area contributed by atoms with Gasteiger partial charge in [-0.15, -0.1) is 0 Å². The molecule has 0 bridgehead atoms. The molecule has 4 rings (SSSR count). The summed E-state index contributed by atoms with van der Waals surface area (Å²) in [6.45, 7) is 0. The monoisotopic (exact) mass is 310 g/mol. The third kappa shape index (κ3) is 3.40. The second-order valence-electron chi connectivity index (χ2n) is 6.04. The molecule has 3 nitrogen and oxygen atoms in total. The topological polar surface area (TPSA) is 60.7 Å². The van der Waals surface area contributed by atoms with Crippen molar-refractivity contribution in [3.63, 3.8) is 0 Å². The molecule has 0 amide bonds. The molecule has 0 aliphatic heterocycles. The van der Waals surface area contributed by atoms with Crippen molar-refractivity contribution in [2.45, 2.75) is 38.2 Å². The Balaban J connectivity index is 0.000000136. The van der Waals surface area contributed by atoms with E-state index in [0.717, 1.165) is 54.4 Å². The Morgan fingerprint density at radius 3 is 2.35 bits per heavy atom. The molecule has 2 aliphatic rings. The number of benzene rings is 2. The Labute approximate surface area is 136 Å². The van der Waals surface area contributed by atoms with Gasteiger partial charge in [0.1, 0.15) is 11.5 Å². The summed E-state index contributed by atoms with van der Waals surface area (Å²) in [4.78, 5) is 0. The first-order chi connectivity index (χ1) is 11.2. The number of phenols is 2. The summed E-state index contributed by atoms with van der Waals surface area (Å²) in [7, 11) is 0. The van der Waals surface area contributed by atoms with E-state index in [1.165, 1.54) is 0 Å². The molecule has 0 fully saturated rings. The number of fused-ring (bicyclic) bond motifs is 2. The fourth-order valence-corrected chi connectivity index (χ4v) is 3.26. The van der Waals surface area contributed by atoms with Crippen LogP contribution in [0.5, 0.6) is 11.5 Å². The Bertz CT molecular complexity index is 719. The molecule has 23 heavy (non-hydrogen) atoms. The molecule has 0 saturated heterocycles. The van der Waals surface area contributed by atoms with Gasteiger partial charge in [0.2, 0.25) is 0 Å². The molecule has 0 heterocycles. The molecule has 3 N–H and O–H groups in total. The molecule has 2 aromatic rings. The van der Waals surface area contributed by atoms with Crippen molar-refractivity contribution in [1.29, 1.82) is 0 Å². The summed E-state index contributed by atoms with van der Waals surface area (Å²) >= 11 is 0. The molecule has 0 aromatic heterocycles. The first kappa shape index (κ1) is 15.6. The lowest BCUT2D eigenvalue weighted by Crippen LogP contribution is -2.08. The number of aliphatic hydroxyl groups excluding tert-OH is 1. The van der Waals surface area contributed by atoms with Gasteiger partial charge in [-0.25, -0.2) is 0 Å². The summed E-state index contributed by atoms with van der Waals surface area (Å²) < 4.78 is 0. The van der Waals surface area contributed by atoms with Gasteiger partial charge in [-0.2, -0.15) is 0 Å². The fourth-order valence-electron chi connectivity index (χ4n) is 3.26. The standard InChI is InChI=1S/C10H12O2.C10H10O/c11-9-5-1-3-7-8(9)4-2-6-10(7)12;11-10-7-3-5-8-4-1-2-6-9(8)10/h1,3,5,10-12H,2,4,6H2;1,3-5,7,11H,2,6H2. The summed E-state index contributed by atoms with van der Waals surface area (Å²) in [6, 6.07) is 11.0. The van der Waals surface area contributed by atoms with E-state index < -0.39 is 0 Å². The van der Waals surface area contributed by atoms with Crippen LogP contribution in [0.1, 0.15) is 47.6 Å². The number of hydrogen-bond acceptors (Lipinski definition) is 3. The zero-order chi connectivity index (χ0) is 16.2. The summed E-state index contributed by atoms with van der Waals surface area (Å²) in [6.07, 6.45) is 8.52. The van der Waals surface area contributed by atoms with Gasteiger partial charge in [0.15, 0.2) is 0 Å². The molecule has 2 aromatic carbocycles. The summed E-state index contributed by atoms with van der Waals surface area (Å²) in [5, 5.41) is 28.5. The molecule has 3 heteroatoms. The van der Waals surface area contributed by atoms with Gasteiger partial charge in [-0.05, 0) is 60.9 Å². The second-order valence-corrected chi connectivity index (χ2v) is 6.04. The van der Waals surface area contributed by atoms with Gasteiger partial charge in [0, 0.05) is 5.56 Å². The first-order valence-corrected chi connectivity index (χ1v) is 8.13. The van der Waals surface area contributed by atoms with Crippen molar-refractivity contribution in [3.05, 3.63) is 64.7 Å². The quantitative estimate of drug-likeness (QED) is 0.686. The maximum Gasteiger partial charge on any atom is 0.119 e. The minimum atomic E-state index is -0.374. The SMILES string of the molecule is Oc1cccc2c1CCC=C2.Oc1cccc2c1CCCC2O. The summed E-state index contributed by atoms with van der Waals surface area (Å²) in [5.74, 6) is 0.762. The lowest BCUT2D eigenvalue weighted by atomic mass is 9.89. The minimum Gasteiger partial charge on any atom is -0.508 e. The van der Waals surface area contributed by atoms with Crippen molar-refractivity contribution >= 4 is 6.08 Å². The lowest BCUT2D eigenvalue weighted by molar-refractivity contribution is 0.155. The highest BCUT2D eigenvalue weighted by atomic mass is 16.3. The van der Waals surface area contributed by atoms with Crippen LogP contribution in [0, 0.1) is 0 Å². The summed E-state index contributed by atoms with van der Waals surface area (Å²) in [5.41, 5.74) is 4.09. The van der Waals surface area contributed by atoms with E-state index in [2.05, 4.69) is 12.2 Å². The van der Waals surface area contributed by atoms with E-state index in [0.29, 0.717) is 11.5 Å². The molecule has 120 valence electrons. The number of phenolic OH excluding ortho intramolecular Hbond substituents is 2. The molecule has 0 saturated carbocycles. The van der Waals surface area contributed by atoms with Crippen LogP contribution in [0.3, 0.4) is 0 Å². The van der Waals surface area contributed by atoms with Crippen LogP contribution in [0.15, 0.2) is 42.5 Å². The van der Waals surface area contributed by atoms with Crippen molar-refractivity contribution in [1.82, 2.24) is 0 Å². The molecule has 1 unspecified atom stereocenters. The molecule has 0 spiro atoms. The van der Waals surface area contributed by atoms with Gasteiger partial charge in [0.25, 0.3) is 0 Å². The second kappa shape index (κ2) is 6.88. The van der Waals surface area contributed by atoms with Gasteiger partial charge in [-0.1, -0.05) is 36.4 Å². The van der Waals surface area contributed by atoms with Crippen LogP contribution in [0.25, 0.3) is 6.08 Å². The maximum absolute atomic E-state index is 9.57. The Morgan fingerprint density at radius 2 is 1.61 bits per heavy atom. The Hall–Kier alpha value is -2.26. The number of hydrogen-bond donors (Lipinski definition) is 3. The fraction of sp³-hybridized carbons (Fsp3) is 0.300. The maximum atomic E-state index is 9.57. The zero-order valence-electron chi connectivity index (χ0n) is 13.1. The largest absolute Gasteiger partial charge is 0.508 e.